The minimum Gasteiger partial charge on any atom is -0.473 e. The van der Waals surface area contributed by atoms with Gasteiger partial charge in [-0.05, 0) is 45.1 Å². The highest BCUT2D eigenvalue weighted by molar-refractivity contribution is 5.73. The SMILES string of the molecule is CCN(CC)CCCNC(=O)NCOc1ccc(C)cc1. The maximum Gasteiger partial charge on any atom is 0.317 e. The normalized spacial score (nSPS) is 10.5. The van der Waals surface area contributed by atoms with Crippen molar-refractivity contribution in [1.29, 1.82) is 0 Å². The van der Waals surface area contributed by atoms with Crippen molar-refractivity contribution in [2.75, 3.05) is 32.9 Å². The molecule has 0 bridgehead atoms. The molecule has 0 saturated carbocycles. The maximum absolute atomic E-state index is 11.6. The Morgan fingerprint density at radius 3 is 2.43 bits per heavy atom. The van der Waals surface area contributed by atoms with Gasteiger partial charge in [0, 0.05) is 6.54 Å². The Kier molecular flexibility index (Phi) is 8.28. The summed E-state index contributed by atoms with van der Waals surface area (Å²) in [6.45, 7) is 10.3. The van der Waals surface area contributed by atoms with Crippen LogP contribution in [0.25, 0.3) is 0 Å². The molecule has 2 amide bonds. The van der Waals surface area contributed by atoms with Gasteiger partial charge in [0.2, 0.25) is 0 Å². The lowest BCUT2D eigenvalue weighted by Crippen LogP contribution is -2.39. The predicted octanol–water partition coefficient (Wildman–Crippen LogP) is 2.36. The zero-order valence-electron chi connectivity index (χ0n) is 13.3. The number of nitrogens with zero attached hydrogens (tertiary/aromatic N) is 1. The Balaban J connectivity index is 2.07. The number of rotatable bonds is 9. The van der Waals surface area contributed by atoms with Crippen LogP contribution in [0.2, 0.25) is 0 Å². The van der Waals surface area contributed by atoms with Crippen molar-refractivity contribution in [3.05, 3.63) is 29.8 Å². The quantitative estimate of drug-likeness (QED) is 0.543. The molecular formula is C16H27N3O2. The fourth-order valence-electron chi connectivity index (χ4n) is 1.93. The molecule has 0 saturated heterocycles. The second-order valence-corrected chi connectivity index (χ2v) is 4.91. The van der Waals surface area contributed by atoms with Crippen LogP contribution in [0, 0.1) is 6.92 Å². The van der Waals surface area contributed by atoms with Crippen molar-refractivity contribution in [3.63, 3.8) is 0 Å². The molecule has 1 rings (SSSR count). The highest BCUT2D eigenvalue weighted by Gasteiger charge is 2.01. The van der Waals surface area contributed by atoms with Crippen LogP contribution in [0.4, 0.5) is 4.79 Å². The molecule has 2 N–H and O–H groups in total. The molecule has 0 atom stereocenters. The lowest BCUT2D eigenvalue weighted by molar-refractivity contribution is 0.223. The Bertz CT molecular complexity index is 402. The van der Waals surface area contributed by atoms with Crippen molar-refractivity contribution in [2.24, 2.45) is 0 Å². The first-order valence-electron chi connectivity index (χ1n) is 7.59. The average Bonchev–Trinajstić information content (AvgIpc) is 2.49. The van der Waals surface area contributed by atoms with Gasteiger partial charge in [-0.25, -0.2) is 4.79 Å². The van der Waals surface area contributed by atoms with E-state index in [1.807, 2.05) is 31.2 Å². The van der Waals surface area contributed by atoms with Gasteiger partial charge in [-0.15, -0.1) is 0 Å². The molecule has 5 heteroatoms. The van der Waals surface area contributed by atoms with E-state index < -0.39 is 0 Å². The number of aryl methyl sites for hydroxylation is 1. The van der Waals surface area contributed by atoms with Crippen molar-refractivity contribution >= 4 is 6.03 Å². The van der Waals surface area contributed by atoms with Gasteiger partial charge in [-0.2, -0.15) is 0 Å². The minimum absolute atomic E-state index is 0.172. The van der Waals surface area contributed by atoms with Gasteiger partial charge in [0.25, 0.3) is 0 Å². The molecule has 0 unspecified atom stereocenters. The van der Waals surface area contributed by atoms with Gasteiger partial charge in [0.1, 0.15) is 5.75 Å². The number of ether oxygens (including phenoxy) is 1. The van der Waals surface area contributed by atoms with Crippen molar-refractivity contribution in [3.8, 4) is 5.75 Å². The van der Waals surface area contributed by atoms with Crippen LogP contribution in [0.3, 0.4) is 0 Å². The summed E-state index contributed by atoms with van der Waals surface area (Å²) in [4.78, 5) is 13.9. The van der Waals surface area contributed by atoms with Crippen LogP contribution in [0.5, 0.6) is 5.75 Å². The van der Waals surface area contributed by atoms with E-state index in [1.54, 1.807) is 0 Å². The van der Waals surface area contributed by atoms with Gasteiger partial charge in [-0.3, -0.25) is 0 Å². The molecule has 0 fully saturated rings. The number of nitrogens with one attached hydrogen (secondary N) is 2. The van der Waals surface area contributed by atoms with Crippen molar-refractivity contribution in [2.45, 2.75) is 27.2 Å². The molecule has 0 aliphatic carbocycles. The molecule has 0 radical (unpaired) electrons. The third kappa shape index (κ3) is 7.56. The number of hydrogen-bond acceptors (Lipinski definition) is 3. The molecule has 0 aliphatic heterocycles. The maximum atomic E-state index is 11.6. The first kappa shape index (κ1) is 17.3. The zero-order chi connectivity index (χ0) is 15.5. The molecule has 1 aromatic rings. The summed E-state index contributed by atoms with van der Waals surface area (Å²) in [7, 11) is 0. The lowest BCUT2D eigenvalue weighted by Gasteiger charge is -2.17. The third-order valence-electron chi connectivity index (χ3n) is 3.32. The third-order valence-corrected chi connectivity index (χ3v) is 3.32. The van der Waals surface area contributed by atoms with Gasteiger partial charge in [-0.1, -0.05) is 31.5 Å². The summed E-state index contributed by atoms with van der Waals surface area (Å²) < 4.78 is 5.43. The van der Waals surface area contributed by atoms with Crippen molar-refractivity contribution in [1.82, 2.24) is 15.5 Å². The smallest absolute Gasteiger partial charge is 0.317 e. The molecule has 118 valence electrons. The first-order chi connectivity index (χ1) is 10.2. The lowest BCUT2D eigenvalue weighted by atomic mass is 10.2. The van der Waals surface area contributed by atoms with Gasteiger partial charge in [0.15, 0.2) is 6.73 Å². The molecule has 0 heterocycles. The van der Waals surface area contributed by atoms with Gasteiger partial charge < -0.3 is 20.3 Å². The van der Waals surface area contributed by atoms with E-state index >= 15 is 0 Å². The number of benzene rings is 1. The van der Waals surface area contributed by atoms with Crippen LogP contribution in [0.1, 0.15) is 25.8 Å². The summed E-state index contributed by atoms with van der Waals surface area (Å²) in [6.07, 6.45) is 0.952. The van der Waals surface area contributed by atoms with E-state index in [0.717, 1.165) is 31.8 Å². The molecular weight excluding hydrogens is 266 g/mol. The molecule has 0 aromatic heterocycles. The zero-order valence-corrected chi connectivity index (χ0v) is 13.3. The summed E-state index contributed by atoms with van der Waals surface area (Å²) in [6, 6.07) is 7.53. The van der Waals surface area contributed by atoms with E-state index in [1.165, 1.54) is 5.56 Å². The highest BCUT2D eigenvalue weighted by Crippen LogP contribution is 2.10. The standard InChI is InChI=1S/C16H27N3O2/c1-4-19(5-2)12-6-11-17-16(20)18-13-21-15-9-7-14(3)8-10-15/h7-10H,4-6,11-13H2,1-3H3,(H2,17,18,20). The van der Waals surface area contributed by atoms with E-state index in [0.29, 0.717) is 6.54 Å². The largest absolute Gasteiger partial charge is 0.473 e. The molecule has 5 nitrogen and oxygen atoms in total. The monoisotopic (exact) mass is 293 g/mol. The highest BCUT2D eigenvalue weighted by atomic mass is 16.5. The first-order valence-corrected chi connectivity index (χ1v) is 7.59. The molecule has 1 aromatic carbocycles. The Hall–Kier alpha value is -1.75. The van der Waals surface area contributed by atoms with Crippen LogP contribution >= 0.6 is 0 Å². The van der Waals surface area contributed by atoms with E-state index in [-0.39, 0.29) is 12.8 Å². The summed E-state index contributed by atoms with van der Waals surface area (Å²) in [5, 5.41) is 5.50. The Morgan fingerprint density at radius 2 is 1.81 bits per heavy atom. The number of amides is 2. The molecule has 0 aliphatic rings. The fourth-order valence-corrected chi connectivity index (χ4v) is 1.93. The summed E-state index contributed by atoms with van der Waals surface area (Å²) >= 11 is 0. The second kappa shape index (κ2) is 10.0. The number of carbonyl (C=O) groups excluding carboxylic acids is 1. The molecule has 0 spiro atoms. The number of hydrogen-bond donors (Lipinski definition) is 2. The number of carbonyl (C=O) groups is 1. The molecule has 21 heavy (non-hydrogen) atoms. The van der Waals surface area contributed by atoms with Crippen molar-refractivity contribution < 1.29 is 9.53 Å². The minimum atomic E-state index is -0.193. The van der Waals surface area contributed by atoms with Crippen LogP contribution < -0.4 is 15.4 Å². The summed E-state index contributed by atoms with van der Waals surface area (Å²) in [5.74, 6) is 0.752. The Labute approximate surface area is 127 Å². The predicted molar refractivity (Wildman–Crippen MR) is 85.6 cm³/mol. The number of urea groups is 1. The van der Waals surface area contributed by atoms with Crippen LogP contribution in [0.15, 0.2) is 24.3 Å². The van der Waals surface area contributed by atoms with Crippen LogP contribution in [-0.2, 0) is 0 Å². The summed E-state index contributed by atoms with van der Waals surface area (Å²) in [5.41, 5.74) is 1.18. The van der Waals surface area contributed by atoms with Gasteiger partial charge in [0.05, 0.1) is 0 Å². The topological polar surface area (TPSA) is 53.6 Å². The van der Waals surface area contributed by atoms with E-state index in [2.05, 4.69) is 29.4 Å². The Morgan fingerprint density at radius 1 is 1.14 bits per heavy atom. The van der Waals surface area contributed by atoms with Gasteiger partial charge >= 0.3 is 6.03 Å². The fraction of sp³-hybridized carbons (Fsp3) is 0.562. The van der Waals surface area contributed by atoms with Crippen LogP contribution in [-0.4, -0.2) is 43.8 Å². The van der Waals surface area contributed by atoms with E-state index in [4.69, 9.17) is 4.74 Å². The second-order valence-electron chi connectivity index (χ2n) is 4.91. The van der Waals surface area contributed by atoms with E-state index in [9.17, 15) is 4.79 Å². The average molecular weight is 293 g/mol.